The second kappa shape index (κ2) is 8.23. The van der Waals surface area contributed by atoms with Crippen LogP contribution in [0.15, 0.2) is 52.3 Å². The second-order valence-corrected chi connectivity index (χ2v) is 6.76. The fourth-order valence-electron chi connectivity index (χ4n) is 2.72. The van der Waals surface area contributed by atoms with E-state index in [1.54, 1.807) is 6.07 Å². The van der Waals surface area contributed by atoms with Crippen LogP contribution in [-0.2, 0) is 12.7 Å². The van der Waals surface area contributed by atoms with Gasteiger partial charge in [0.2, 0.25) is 0 Å². The predicted octanol–water partition coefficient (Wildman–Crippen LogP) is 3.04. The monoisotopic (exact) mass is 453 g/mol. The molecule has 0 N–H and O–H groups in total. The first-order chi connectivity index (χ1) is 14.5. The number of aromatic nitrogens is 3. The van der Waals surface area contributed by atoms with Crippen molar-refractivity contribution in [2.75, 3.05) is 12.1 Å². The van der Waals surface area contributed by atoms with Crippen LogP contribution in [0.1, 0.15) is 16.7 Å². The van der Waals surface area contributed by atoms with Crippen molar-refractivity contribution < 1.29 is 17.6 Å². The molecule has 0 amide bonds. The van der Waals surface area contributed by atoms with Crippen LogP contribution in [0.2, 0.25) is 5.02 Å². The first kappa shape index (κ1) is 22.0. The summed E-state index contributed by atoms with van der Waals surface area (Å²) in [5.41, 5.74) is -2.87. The summed E-state index contributed by atoms with van der Waals surface area (Å²) in [6.45, 7) is -0.268. The maximum absolute atomic E-state index is 13.1. The highest BCUT2D eigenvalue weighted by atomic mass is 35.5. The number of pyridine rings is 1. The van der Waals surface area contributed by atoms with E-state index in [0.29, 0.717) is 17.8 Å². The van der Waals surface area contributed by atoms with Gasteiger partial charge in [-0.15, -0.1) is 0 Å². The molecular formula is C19H12ClF4N5O2. The molecular weight excluding hydrogens is 442 g/mol. The number of nitriles is 1. The summed E-state index contributed by atoms with van der Waals surface area (Å²) in [6.07, 6.45) is -3.19. The van der Waals surface area contributed by atoms with Crippen LogP contribution in [0.5, 0.6) is 0 Å². The third kappa shape index (κ3) is 4.44. The summed E-state index contributed by atoms with van der Waals surface area (Å²) >= 11 is 5.93. The molecule has 0 bridgehead atoms. The zero-order chi connectivity index (χ0) is 22.9. The molecule has 2 aromatic heterocycles. The van der Waals surface area contributed by atoms with Crippen LogP contribution in [0, 0.1) is 17.1 Å². The third-order valence-electron chi connectivity index (χ3n) is 4.31. The number of hydrogen-bond acceptors (Lipinski definition) is 5. The van der Waals surface area contributed by atoms with E-state index in [2.05, 4.69) is 4.98 Å². The normalized spacial score (nSPS) is 11.3. The van der Waals surface area contributed by atoms with Crippen LogP contribution in [0.3, 0.4) is 0 Å². The zero-order valence-corrected chi connectivity index (χ0v) is 16.4. The molecule has 0 aliphatic heterocycles. The standard InChI is InChI=1S/C19H12ClF4N5O2/c1-27(16-15(20)6-13(8-26-16)19(22,23)24)29-10-12(7-25)17(30)28(18(29)31)9-11-2-4-14(21)5-3-11/h2-6,8,10H,9H2,1H3. The van der Waals surface area contributed by atoms with E-state index < -0.39 is 39.4 Å². The molecule has 7 nitrogen and oxygen atoms in total. The molecule has 0 aliphatic rings. The number of rotatable bonds is 4. The highest BCUT2D eigenvalue weighted by molar-refractivity contribution is 6.33. The van der Waals surface area contributed by atoms with Gasteiger partial charge in [-0.25, -0.2) is 18.8 Å². The van der Waals surface area contributed by atoms with Crippen molar-refractivity contribution in [1.29, 1.82) is 5.26 Å². The fourth-order valence-corrected chi connectivity index (χ4v) is 3.01. The Morgan fingerprint density at radius 1 is 1.23 bits per heavy atom. The molecule has 1 aromatic carbocycles. The zero-order valence-electron chi connectivity index (χ0n) is 15.7. The largest absolute Gasteiger partial charge is 0.417 e. The Bertz CT molecular complexity index is 1290. The van der Waals surface area contributed by atoms with Gasteiger partial charge in [0.05, 0.1) is 23.3 Å². The molecule has 160 valence electrons. The van der Waals surface area contributed by atoms with Gasteiger partial charge in [0.25, 0.3) is 5.56 Å². The van der Waals surface area contributed by atoms with E-state index in [4.69, 9.17) is 11.6 Å². The lowest BCUT2D eigenvalue weighted by atomic mass is 10.2. The molecule has 3 rings (SSSR count). The van der Waals surface area contributed by atoms with Crippen molar-refractivity contribution in [2.24, 2.45) is 0 Å². The Morgan fingerprint density at radius 3 is 2.42 bits per heavy atom. The summed E-state index contributed by atoms with van der Waals surface area (Å²) in [5, 5.41) is 9.88. The average molecular weight is 454 g/mol. The van der Waals surface area contributed by atoms with E-state index >= 15 is 0 Å². The smallest absolute Gasteiger partial charge is 0.268 e. The first-order valence-corrected chi connectivity index (χ1v) is 8.88. The van der Waals surface area contributed by atoms with Crippen molar-refractivity contribution in [2.45, 2.75) is 12.7 Å². The van der Waals surface area contributed by atoms with Crippen LogP contribution in [0.25, 0.3) is 0 Å². The van der Waals surface area contributed by atoms with E-state index in [1.807, 2.05) is 0 Å². The van der Waals surface area contributed by atoms with E-state index in [9.17, 15) is 32.4 Å². The summed E-state index contributed by atoms with van der Waals surface area (Å²) in [5.74, 6) is -0.727. The van der Waals surface area contributed by atoms with Gasteiger partial charge in [0, 0.05) is 13.2 Å². The topological polar surface area (TPSA) is 83.9 Å². The van der Waals surface area contributed by atoms with Gasteiger partial charge in [-0.3, -0.25) is 14.4 Å². The Balaban J connectivity index is 2.11. The minimum Gasteiger partial charge on any atom is -0.268 e. The van der Waals surface area contributed by atoms with Crippen molar-refractivity contribution in [3.63, 3.8) is 0 Å². The predicted molar refractivity (Wildman–Crippen MR) is 103 cm³/mol. The summed E-state index contributed by atoms with van der Waals surface area (Å²) in [7, 11) is 1.27. The van der Waals surface area contributed by atoms with Crippen LogP contribution in [0.4, 0.5) is 23.4 Å². The van der Waals surface area contributed by atoms with Gasteiger partial charge in [-0.05, 0) is 23.8 Å². The maximum atomic E-state index is 13.1. The Labute approximate surface area is 176 Å². The molecule has 0 saturated carbocycles. The van der Waals surface area contributed by atoms with Gasteiger partial charge >= 0.3 is 11.9 Å². The quantitative estimate of drug-likeness (QED) is 0.567. The molecule has 0 aliphatic carbocycles. The maximum Gasteiger partial charge on any atom is 0.417 e. The molecule has 0 fully saturated rings. The molecule has 0 saturated heterocycles. The average Bonchev–Trinajstić information content (AvgIpc) is 2.71. The molecule has 31 heavy (non-hydrogen) atoms. The van der Waals surface area contributed by atoms with Gasteiger partial charge in [-0.2, -0.15) is 18.4 Å². The number of halogens is 5. The lowest BCUT2D eigenvalue weighted by molar-refractivity contribution is -0.137. The third-order valence-corrected chi connectivity index (χ3v) is 4.59. The summed E-state index contributed by atoms with van der Waals surface area (Å²) in [6, 6.07) is 7.33. The fraction of sp³-hybridized carbons (Fsp3) is 0.158. The molecule has 0 spiro atoms. The molecule has 3 aromatic rings. The van der Waals surface area contributed by atoms with Gasteiger partial charge < -0.3 is 0 Å². The van der Waals surface area contributed by atoms with E-state index in [1.165, 1.54) is 19.2 Å². The van der Waals surface area contributed by atoms with Crippen LogP contribution < -0.4 is 16.3 Å². The van der Waals surface area contributed by atoms with Crippen molar-refractivity contribution >= 4 is 17.4 Å². The van der Waals surface area contributed by atoms with Crippen molar-refractivity contribution in [3.05, 3.63) is 91.1 Å². The number of alkyl halides is 3. The van der Waals surface area contributed by atoms with E-state index in [0.717, 1.165) is 32.6 Å². The van der Waals surface area contributed by atoms with Crippen LogP contribution >= 0.6 is 11.6 Å². The Kier molecular flexibility index (Phi) is 5.85. The van der Waals surface area contributed by atoms with Gasteiger partial charge in [0.15, 0.2) is 5.82 Å². The van der Waals surface area contributed by atoms with E-state index in [-0.39, 0.29) is 12.4 Å². The summed E-state index contributed by atoms with van der Waals surface area (Å²) < 4.78 is 53.2. The number of nitrogens with zero attached hydrogens (tertiary/aromatic N) is 5. The highest BCUT2D eigenvalue weighted by Crippen LogP contribution is 2.33. The Morgan fingerprint density at radius 2 is 1.87 bits per heavy atom. The molecule has 0 radical (unpaired) electrons. The second-order valence-electron chi connectivity index (χ2n) is 6.35. The lowest BCUT2D eigenvalue weighted by Gasteiger charge is -2.23. The molecule has 0 atom stereocenters. The molecule has 0 unspecified atom stereocenters. The highest BCUT2D eigenvalue weighted by Gasteiger charge is 2.32. The number of hydrogen-bond donors (Lipinski definition) is 0. The van der Waals surface area contributed by atoms with Gasteiger partial charge in [-0.1, -0.05) is 23.7 Å². The van der Waals surface area contributed by atoms with Crippen molar-refractivity contribution in [3.8, 4) is 6.07 Å². The number of benzene rings is 1. The van der Waals surface area contributed by atoms with Gasteiger partial charge in [0.1, 0.15) is 17.4 Å². The SMILES string of the molecule is CN(c1ncc(C(F)(F)F)cc1Cl)n1cc(C#N)c(=O)n(Cc2ccc(F)cc2)c1=O. The van der Waals surface area contributed by atoms with Crippen molar-refractivity contribution in [1.82, 2.24) is 14.2 Å². The minimum absolute atomic E-state index is 0.215. The lowest BCUT2D eigenvalue weighted by Crippen LogP contribution is -2.47. The summed E-state index contributed by atoms with van der Waals surface area (Å²) in [4.78, 5) is 29.1. The minimum atomic E-state index is -4.67. The molecule has 12 heteroatoms. The Hall–Kier alpha value is -3.65. The molecule has 2 heterocycles. The first-order valence-electron chi connectivity index (χ1n) is 8.50. The number of anilines is 1. The van der Waals surface area contributed by atoms with Crippen LogP contribution in [-0.4, -0.2) is 21.3 Å².